The molecule has 0 aliphatic heterocycles. The van der Waals surface area contributed by atoms with Crippen LogP contribution in [0.15, 0.2) is 35.8 Å². The van der Waals surface area contributed by atoms with Crippen LogP contribution in [0.1, 0.15) is 17.0 Å². The van der Waals surface area contributed by atoms with Crippen molar-refractivity contribution in [2.75, 3.05) is 11.9 Å². The Hall–Kier alpha value is -2.41. The van der Waals surface area contributed by atoms with Crippen LogP contribution in [0.25, 0.3) is 4.96 Å². The van der Waals surface area contributed by atoms with Gasteiger partial charge >= 0.3 is 5.82 Å². The second kappa shape index (κ2) is 4.56. The molecule has 106 valence electrons. The van der Waals surface area contributed by atoms with Crippen molar-refractivity contribution >= 4 is 27.9 Å². The van der Waals surface area contributed by atoms with Gasteiger partial charge < -0.3 is 15.4 Å². The van der Waals surface area contributed by atoms with E-state index in [1.165, 1.54) is 26.9 Å². The molecule has 0 amide bonds. The molecule has 0 fully saturated rings. The number of nitrogens with one attached hydrogen (secondary N) is 1. The maximum Gasteiger partial charge on any atom is 0.372 e. The quantitative estimate of drug-likeness (QED) is 0.593. The second-order valence-electron chi connectivity index (χ2n) is 5.08. The number of hydrogen-bond acceptors (Lipinski definition) is 5. The number of anilines is 1. The number of benzene rings is 1. The molecule has 1 aliphatic rings. The average molecular weight is 300 g/mol. The molecule has 21 heavy (non-hydrogen) atoms. The standard InChI is InChI=1S/C14H12N4O2S/c19-18(20)13-12(16-14-17(13)5-6-21-14)15-8-10-7-9-3-1-2-4-11(9)10/h1-6,10,15H,7-8H2. The molecule has 0 saturated carbocycles. The number of rotatable bonds is 4. The molecule has 2 aromatic heterocycles. The Morgan fingerprint density at radius 3 is 3.14 bits per heavy atom. The summed E-state index contributed by atoms with van der Waals surface area (Å²) in [5, 5.41) is 16.2. The molecule has 2 heterocycles. The highest BCUT2D eigenvalue weighted by atomic mass is 32.1. The third-order valence-electron chi connectivity index (χ3n) is 3.89. The van der Waals surface area contributed by atoms with Crippen molar-refractivity contribution in [3.05, 3.63) is 57.1 Å². The third kappa shape index (κ3) is 1.89. The van der Waals surface area contributed by atoms with Gasteiger partial charge in [0.25, 0.3) is 4.96 Å². The highest BCUT2D eigenvalue weighted by molar-refractivity contribution is 7.15. The zero-order valence-corrected chi connectivity index (χ0v) is 11.8. The molecule has 6 nitrogen and oxygen atoms in total. The Morgan fingerprint density at radius 2 is 2.33 bits per heavy atom. The van der Waals surface area contributed by atoms with Crippen molar-refractivity contribution in [2.24, 2.45) is 0 Å². The van der Waals surface area contributed by atoms with E-state index in [1.807, 2.05) is 12.1 Å². The molecule has 1 aromatic carbocycles. The zero-order chi connectivity index (χ0) is 14.4. The van der Waals surface area contributed by atoms with Crippen LogP contribution >= 0.6 is 11.3 Å². The van der Waals surface area contributed by atoms with Crippen LogP contribution in [-0.2, 0) is 6.42 Å². The summed E-state index contributed by atoms with van der Waals surface area (Å²) >= 11 is 1.39. The van der Waals surface area contributed by atoms with E-state index in [0.717, 1.165) is 6.42 Å². The van der Waals surface area contributed by atoms with E-state index in [0.29, 0.717) is 23.2 Å². The number of imidazole rings is 1. The lowest BCUT2D eigenvalue weighted by molar-refractivity contribution is -0.389. The maximum atomic E-state index is 11.2. The Morgan fingerprint density at radius 1 is 1.48 bits per heavy atom. The first kappa shape index (κ1) is 12.3. The van der Waals surface area contributed by atoms with Crippen molar-refractivity contribution in [3.8, 4) is 0 Å². The first-order chi connectivity index (χ1) is 10.2. The topological polar surface area (TPSA) is 72.5 Å². The van der Waals surface area contributed by atoms with Crippen molar-refractivity contribution < 1.29 is 4.92 Å². The smallest absolute Gasteiger partial charge is 0.362 e. The monoisotopic (exact) mass is 300 g/mol. The number of aromatic nitrogens is 2. The first-order valence-corrected chi connectivity index (χ1v) is 7.53. The fourth-order valence-corrected chi connectivity index (χ4v) is 3.54. The summed E-state index contributed by atoms with van der Waals surface area (Å²) < 4.78 is 1.52. The molecule has 0 saturated heterocycles. The molecule has 1 atom stereocenters. The zero-order valence-electron chi connectivity index (χ0n) is 11.0. The van der Waals surface area contributed by atoms with Crippen LogP contribution in [0.2, 0.25) is 0 Å². The molecule has 0 spiro atoms. The lowest BCUT2D eigenvalue weighted by Gasteiger charge is -2.30. The number of thiazole rings is 1. The molecular weight excluding hydrogens is 288 g/mol. The van der Waals surface area contributed by atoms with Crippen LogP contribution < -0.4 is 5.32 Å². The Labute approximate surface area is 124 Å². The highest BCUT2D eigenvalue weighted by Crippen LogP contribution is 2.35. The largest absolute Gasteiger partial charge is 0.372 e. The normalized spacial score (nSPS) is 16.5. The van der Waals surface area contributed by atoms with Gasteiger partial charge in [-0.05, 0) is 22.5 Å². The molecule has 1 unspecified atom stereocenters. The van der Waals surface area contributed by atoms with Crippen LogP contribution in [-0.4, -0.2) is 20.9 Å². The Bertz CT molecular complexity index is 838. The molecule has 0 bridgehead atoms. The van der Waals surface area contributed by atoms with Gasteiger partial charge in [-0.1, -0.05) is 35.6 Å². The van der Waals surface area contributed by atoms with E-state index >= 15 is 0 Å². The van der Waals surface area contributed by atoms with Crippen LogP contribution in [0.4, 0.5) is 11.6 Å². The first-order valence-electron chi connectivity index (χ1n) is 6.65. The minimum absolute atomic E-state index is 0.0128. The molecule has 7 heteroatoms. The lowest BCUT2D eigenvalue weighted by atomic mass is 9.78. The third-order valence-corrected chi connectivity index (χ3v) is 4.64. The summed E-state index contributed by atoms with van der Waals surface area (Å²) in [5.74, 6) is 0.774. The summed E-state index contributed by atoms with van der Waals surface area (Å²) in [7, 11) is 0. The summed E-state index contributed by atoms with van der Waals surface area (Å²) in [4.78, 5) is 15.8. The number of fused-ring (bicyclic) bond motifs is 2. The predicted octanol–water partition coefficient (Wildman–Crippen LogP) is 3.06. The van der Waals surface area contributed by atoms with E-state index in [2.05, 4.69) is 22.4 Å². The summed E-state index contributed by atoms with van der Waals surface area (Å²) in [6, 6.07) is 8.31. The minimum Gasteiger partial charge on any atom is -0.362 e. The number of nitro groups is 1. The van der Waals surface area contributed by atoms with Crippen LogP contribution in [0.3, 0.4) is 0 Å². The summed E-state index contributed by atoms with van der Waals surface area (Å²) in [6.07, 6.45) is 2.69. The van der Waals surface area contributed by atoms with Crippen molar-refractivity contribution in [1.82, 2.24) is 9.38 Å². The van der Waals surface area contributed by atoms with Crippen molar-refractivity contribution in [2.45, 2.75) is 12.3 Å². The van der Waals surface area contributed by atoms with Crippen LogP contribution in [0, 0.1) is 10.1 Å². The van der Waals surface area contributed by atoms with Gasteiger partial charge in [0.2, 0.25) is 5.82 Å². The Balaban J connectivity index is 1.57. The summed E-state index contributed by atoms with van der Waals surface area (Å²) in [5.41, 5.74) is 2.69. The van der Waals surface area contributed by atoms with Gasteiger partial charge in [0.15, 0.2) is 0 Å². The van der Waals surface area contributed by atoms with E-state index < -0.39 is 0 Å². The molecule has 4 rings (SSSR count). The van der Waals surface area contributed by atoms with Gasteiger partial charge in [-0.3, -0.25) is 0 Å². The maximum absolute atomic E-state index is 11.2. The SMILES string of the molecule is O=[N+]([O-])c1c(NCC2Cc3ccccc32)nc2sccn12. The molecular formula is C14H12N4O2S. The van der Waals surface area contributed by atoms with Gasteiger partial charge in [-0.2, -0.15) is 9.38 Å². The average Bonchev–Trinajstić information content (AvgIpc) is 2.99. The van der Waals surface area contributed by atoms with Crippen molar-refractivity contribution in [3.63, 3.8) is 0 Å². The van der Waals surface area contributed by atoms with E-state index in [1.54, 1.807) is 11.6 Å². The fraction of sp³-hybridized carbons (Fsp3) is 0.214. The van der Waals surface area contributed by atoms with Gasteiger partial charge in [0.05, 0.1) is 0 Å². The molecule has 3 aromatic rings. The number of nitrogens with zero attached hydrogens (tertiary/aromatic N) is 3. The van der Waals surface area contributed by atoms with E-state index in [4.69, 9.17) is 0 Å². The van der Waals surface area contributed by atoms with Crippen LogP contribution in [0.5, 0.6) is 0 Å². The summed E-state index contributed by atoms with van der Waals surface area (Å²) in [6.45, 7) is 0.669. The predicted molar refractivity (Wildman–Crippen MR) is 81.1 cm³/mol. The highest BCUT2D eigenvalue weighted by Gasteiger charge is 2.28. The van der Waals surface area contributed by atoms with Gasteiger partial charge in [-0.25, -0.2) is 0 Å². The molecule has 1 aliphatic carbocycles. The van der Waals surface area contributed by atoms with Crippen molar-refractivity contribution in [1.29, 1.82) is 0 Å². The van der Waals surface area contributed by atoms with Gasteiger partial charge in [-0.15, -0.1) is 0 Å². The number of hydrogen-bond donors (Lipinski definition) is 1. The minimum atomic E-state index is -0.385. The molecule has 0 radical (unpaired) electrons. The van der Waals surface area contributed by atoms with E-state index in [9.17, 15) is 10.1 Å². The second-order valence-corrected chi connectivity index (χ2v) is 5.95. The fourth-order valence-electron chi connectivity index (χ4n) is 2.83. The Kier molecular flexibility index (Phi) is 2.68. The van der Waals surface area contributed by atoms with Gasteiger partial charge in [0, 0.05) is 17.8 Å². The van der Waals surface area contributed by atoms with E-state index in [-0.39, 0.29) is 10.7 Å². The lowest BCUT2D eigenvalue weighted by Crippen LogP contribution is -2.24. The van der Waals surface area contributed by atoms with Gasteiger partial charge in [0.1, 0.15) is 6.20 Å². The molecule has 1 N–H and O–H groups in total.